The molecule has 0 aliphatic carbocycles. The molecule has 96 valence electrons. The Labute approximate surface area is 92.0 Å². The summed E-state index contributed by atoms with van der Waals surface area (Å²) in [6.45, 7) is -0.429. The maximum Gasteiger partial charge on any atom is 0.573 e. The zero-order chi connectivity index (χ0) is 13.3. The summed E-state index contributed by atoms with van der Waals surface area (Å²) in [6.07, 6.45) is -9.81. The molecular formula is C9H7F6NO. The Balaban J connectivity index is 3.14. The van der Waals surface area contributed by atoms with Crippen LogP contribution in [-0.2, 0) is 12.7 Å². The molecule has 1 aromatic carbocycles. The van der Waals surface area contributed by atoms with Gasteiger partial charge in [0.25, 0.3) is 0 Å². The number of hydrogen-bond donors (Lipinski definition) is 1. The second kappa shape index (κ2) is 4.44. The van der Waals surface area contributed by atoms with Crippen molar-refractivity contribution in [2.24, 2.45) is 5.73 Å². The van der Waals surface area contributed by atoms with Gasteiger partial charge in [0.05, 0.1) is 5.56 Å². The first kappa shape index (κ1) is 13.6. The van der Waals surface area contributed by atoms with Gasteiger partial charge >= 0.3 is 12.5 Å². The van der Waals surface area contributed by atoms with E-state index in [1.54, 1.807) is 0 Å². The molecule has 17 heavy (non-hydrogen) atoms. The van der Waals surface area contributed by atoms with E-state index in [2.05, 4.69) is 4.74 Å². The van der Waals surface area contributed by atoms with E-state index in [9.17, 15) is 26.3 Å². The first-order chi connectivity index (χ1) is 7.63. The Morgan fingerprint density at radius 3 is 2.06 bits per heavy atom. The van der Waals surface area contributed by atoms with Gasteiger partial charge in [-0.2, -0.15) is 13.2 Å². The smallest absolute Gasteiger partial charge is 0.406 e. The zero-order valence-corrected chi connectivity index (χ0v) is 8.19. The third-order valence-electron chi connectivity index (χ3n) is 1.84. The van der Waals surface area contributed by atoms with Gasteiger partial charge in [0, 0.05) is 6.54 Å². The molecule has 0 saturated heterocycles. The minimum atomic E-state index is -5.03. The summed E-state index contributed by atoms with van der Waals surface area (Å²) >= 11 is 0. The van der Waals surface area contributed by atoms with Gasteiger partial charge in [-0.1, -0.05) is 6.07 Å². The zero-order valence-electron chi connectivity index (χ0n) is 8.19. The van der Waals surface area contributed by atoms with Crippen LogP contribution in [0.5, 0.6) is 5.75 Å². The molecule has 1 rings (SSSR count). The van der Waals surface area contributed by atoms with Crippen LogP contribution in [0.25, 0.3) is 0 Å². The van der Waals surface area contributed by atoms with Crippen molar-refractivity contribution < 1.29 is 31.1 Å². The van der Waals surface area contributed by atoms with Crippen molar-refractivity contribution in [1.82, 2.24) is 0 Å². The summed E-state index contributed by atoms with van der Waals surface area (Å²) < 4.78 is 76.2. The van der Waals surface area contributed by atoms with Crippen molar-refractivity contribution in [2.75, 3.05) is 0 Å². The lowest BCUT2D eigenvalue weighted by Crippen LogP contribution is -2.18. The highest BCUT2D eigenvalue weighted by Gasteiger charge is 2.36. The van der Waals surface area contributed by atoms with Gasteiger partial charge < -0.3 is 10.5 Å². The van der Waals surface area contributed by atoms with Crippen molar-refractivity contribution in [3.05, 3.63) is 29.3 Å². The van der Waals surface area contributed by atoms with Crippen LogP contribution < -0.4 is 10.5 Å². The fourth-order valence-electron chi connectivity index (χ4n) is 1.19. The van der Waals surface area contributed by atoms with Crippen molar-refractivity contribution >= 4 is 0 Å². The molecule has 0 aliphatic rings. The summed E-state index contributed by atoms with van der Waals surface area (Å²) in [4.78, 5) is 0. The minimum absolute atomic E-state index is 0.273. The first-order valence-electron chi connectivity index (χ1n) is 4.29. The van der Waals surface area contributed by atoms with Crippen LogP contribution in [0.2, 0.25) is 0 Å². The molecule has 0 saturated carbocycles. The molecule has 0 bridgehead atoms. The predicted molar refractivity (Wildman–Crippen MR) is 46.0 cm³/mol. The van der Waals surface area contributed by atoms with Crippen molar-refractivity contribution in [3.63, 3.8) is 0 Å². The van der Waals surface area contributed by atoms with Gasteiger partial charge in [-0.25, -0.2) is 0 Å². The number of ether oxygens (including phenoxy) is 1. The van der Waals surface area contributed by atoms with Gasteiger partial charge in [0.2, 0.25) is 0 Å². The molecule has 0 unspecified atom stereocenters. The normalized spacial score (nSPS) is 12.6. The van der Waals surface area contributed by atoms with Crippen molar-refractivity contribution in [3.8, 4) is 5.75 Å². The average Bonchev–Trinajstić information content (AvgIpc) is 2.13. The number of halogens is 6. The molecule has 0 amide bonds. The largest absolute Gasteiger partial charge is 0.573 e. The maximum atomic E-state index is 12.5. The van der Waals surface area contributed by atoms with E-state index in [1.165, 1.54) is 0 Å². The summed E-state index contributed by atoms with van der Waals surface area (Å²) in [6, 6.07) is 1.91. The molecule has 0 aromatic heterocycles. The highest BCUT2D eigenvalue weighted by molar-refractivity contribution is 5.37. The van der Waals surface area contributed by atoms with Gasteiger partial charge in [-0.05, 0) is 17.7 Å². The Morgan fingerprint density at radius 1 is 1.06 bits per heavy atom. The maximum absolute atomic E-state index is 12.5. The monoisotopic (exact) mass is 259 g/mol. The van der Waals surface area contributed by atoms with Gasteiger partial charge in [0.1, 0.15) is 5.75 Å². The quantitative estimate of drug-likeness (QED) is 0.828. The molecule has 0 fully saturated rings. The minimum Gasteiger partial charge on any atom is -0.406 e. The fraction of sp³-hybridized carbons (Fsp3) is 0.333. The predicted octanol–water partition coefficient (Wildman–Crippen LogP) is 3.06. The van der Waals surface area contributed by atoms with Crippen LogP contribution in [-0.4, -0.2) is 6.36 Å². The molecule has 2 N–H and O–H groups in total. The van der Waals surface area contributed by atoms with E-state index in [0.717, 1.165) is 12.1 Å². The summed E-state index contributed by atoms with van der Waals surface area (Å²) in [5.41, 5.74) is 3.53. The summed E-state index contributed by atoms with van der Waals surface area (Å²) in [5.74, 6) is -0.929. The van der Waals surface area contributed by atoms with Crippen LogP contribution in [0.15, 0.2) is 18.2 Å². The summed E-state index contributed by atoms with van der Waals surface area (Å²) in [7, 11) is 0. The molecule has 0 aliphatic heterocycles. The van der Waals surface area contributed by atoms with Crippen LogP contribution in [0, 0.1) is 0 Å². The van der Waals surface area contributed by atoms with Gasteiger partial charge in [-0.15, -0.1) is 13.2 Å². The third-order valence-corrected chi connectivity index (χ3v) is 1.84. The second-order valence-electron chi connectivity index (χ2n) is 3.07. The first-order valence-corrected chi connectivity index (χ1v) is 4.29. The fourth-order valence-corrected chi connectivity index (χ4v) is 1.19. The number of alkyl halides is 6. The third kappa shape index (κ3) is 3.81. The second-order valence-corrected chi connectivity index (χ2v) is 3.07. The Bertz CT molecular complexity index is 397. The molecule has 2 nitrogen and oxygen atoms in total. The van der Waals surface area contributed by atoms with Crippen LogP contribution >= 0.6 is 0 Å². The lowest BCUT2D eigenvalue weighted by molar-refractivity contribution is -0.274. The molecule has 1 aromatic rings. The van der Waals surface area contributed by atoms with Crippen LogP contribution in [0.3, 0.4) is 0 Å². The van der Waals surface area contributed by atoms with E-state index in [1.807, 2.05) is 0 Å². The number of rotatable bonds is 2. The molecule has 0 heterocycles. The Hall–Kier alpha value is -1.44. The SMILES string of the molecule is NCc1ccc(OC(F)(F)F)cc1C(F)(F)F. The standard InChI is InChI=1S/C9H7F6NO/c10-8(11,12)7-3-6(17-9(13,14)15)2-1-5(7)4-16/h1-3H,4,16H2. The molecular weight excluding hydrogens is 252 g/mol. The lowest BCUT2D eigenvalue weighted by atomic mass is 10.1. The molecule has 8 heteroatoms. The average molecular weight is 259 g/mol. The van der Waals surface area contributed by atoms with E-state index < -0.39 is 30.4 Å². The van der Waals surface area contributed by atoms with E-state index in [-0.39, 0.29) is 11.6 Å². The highest BCUT2D eigenvalue weighted by atomic mass is 19.4. The van der Waals surface area contributed by atoms with Gasteiger partial charge in [-0.3, -0.25) is 0 Å². The number of hydrogen-bond acceptors (Lipinski definition) is 2. The van der Waals surface area contributed by atoms with Crippen LogP contribution in [0.4, 0.5) is 26.3 Å². The highest BCUT2D eigenvalue weighted by Crippen LogP contribution is 2.35. The Kier molecular flexibility index (Phi) is 3.56. The topological polar surface area (TPSA) is 35.2 Å². The van der Waals surface area contributed by atoms with E-state index in [0.29, 0.717) is 0 Å². The number of benzene rings is 1. The van der Waals surface area contributed by atoms with E-state index in [4.69, 9.17) is 5.73 Å². The molecule has 0 radical (unpaired) electrons. The molecule has 0 spiro atoms. The molecule has 0 atom stereocenters. The van der Waals surface area contributed by atoms with Crippen molar-refractivity contribution in [1.29, 1.82) is 0 Å². The number of nitrogens with two attached hydrogens (primary N) is 1. The Morgan fingerprint density at radius 2 is 1.65 bits per heavy atom. The van der Waals surface area contributed by atoms with Crippen LogP contribution in [0.1, 0.15) is 11.1 Å². The summed E-state index contributed by atoms with van der Waals surface area (Å²) in [5, 5.41) is 0. The van der Waals surface area contributed by atoms with Crippen molar-refractivity contribution in [2.45, 2.75) is 19.1 Å². The van der Waals surface area contributed by atoms with E-state index >= 15 is 0 Å². The van der Waals surface area contributed by atoms with Gasteiger partial charge in [0.15, 0.2) is 0 Å². The lowest BCUT2D eigenvalue weighted by Gasteiger charge is -2.14.